The number of hydrogen-bond acceptors (Lipinski definition) is 4. The normalized spacial score (nSPS) is 18.5. The lowest BCUT2D eigenvalue weighted by Crippen LogP contribution is -2.44. The van der Waals surface area contributed by atoms with Crippen molar-refractivity contribution in [2.24, 2.45) is 5.92 Å². The minimum absolute atomic E-state index is 0.0507. The molecular weight excluding hydrogens is 364 g/mol. The zero-order valence-corrected chi connectivity index (χ0v) is 16.0. The Balaban J connectivity index is 1.60. The maximum Gasteiger partial charge on any atom is 0.268 e. The second kappa shape index (κ2) is 6.74. The number of nitrogens with zero attached hydrogens (tertiary/aromatic N) is 5. The van der Waals surface area contributed by atoms with Crippen molar-refractivity contribution in [1.29, 1.82) is 5.26 Å². The molecule has 0 saturated heterocycles. The van der Waals surface area contributed by atoms with E-state index in [4.69, 9.17) is 5.26 Å². The predicted molar refractivity (Wildman–Crippen MR) is 108 cm³/mol. The van der Waals surface area contributed by atoms with Gasteiger partial charge in [-0.2, -0.15) is 5.26 Å². The maximum absolute atomic E-state index is 13.1. The van der Waals surface area contributed by atoms with Crippen LogP contribution >= 0.6 is 0 Å². The summed E-state index contributed by atoms with van der Waals surface area (Å²) >= 11 is 0. The quantitative estimate of drug-likeness (QED) is 0.586. The molecule has 1 aliphatic rings. The molecule has 0 radical (unpaired) electrons. The molecule has 1 fully saturated rings. The molecule has 1 N–H and O–H groups in total. The first-order chi connectivity index (χ1) is 14.1. The number of amides is 1. The smallest absolute Gasteiger partial charge is 0.268 e. The van der Waals surface area contributed by atoms with Crippen LogP contribution in [0, 0.1) is 24.2 Å². The van der Waals surface area contributed by atoms with Crippen LogP contribution in [0.15, 0.2) is 48.5 Å². The molecule has 0 aliphatic heterocycles. The highest BCUT2D eigenvalue weighted by atomic mass is 16.2. The van der Waals surface area contributed by atoms with Crippen molar-refractivity contribution >= 4 is 22.6 Å². The van der Waals surface area contributed by atoms with Gasteiger partial charge in [-0.15, -0.1) is 10.2 Å². The molecule has 3 heterocycles. The number of carbonyl (C=O) groups is 1. The zero-order chi connectivity index (χ0) is 20.0. The van der Waals surface area contributed by atoms with Crippen molar-refractivity contribution < 1.29 is 4.79 Å². The molecule has 1 saturated carbocycles. The van der Waals surface area contributed by atoms with Crippen LogP contribution < -0.4 is 5.32 Å². The van der Waals surface area contributed by atoms with E-state index in [-0.39, 0.29) is 17.9 Å². The van der Waals surface area contributed by atoms with Gasteiger partial charge in [0.2, 0.25) is 0 Å². The molecule has 29 heavy (non-hydrogen) atoms. The number of benzene rings is 1. The van der Waals surface area contributed by atoms with Crippen LogP contribution in [0.5, 0.6) is 0 Å². The largest absolute Gasteiger partial charge is 0.348 e. The summed E-state index contributed by atoms with van der Waals surface area (Å²) in [6, 6.07) is 18.2. The number of pyridine rings is 1. The van der Waals surface area contributed by atoms with Gasteiger partial charge in [-0.1, -0.05) is 30.3 Å². The molecule has 1 aliphatic carbocycles. The van der Waals surface area contributed by atoms with Gasteiger partial charge >= 0.3 is 0 Å². The summed E-state index contributed by atoms with van der Waals surface area (Å²) in [5.41, 5.74) is 4.35. The molecule has 3 aromatic heterocycles. The number of nitriles is 1. The Kier molecular flexibility index (Phi) is 4.06. The molecule has 1 aromatic carbocycles. The number of nitrogens with one attached hydrogen (secondary N) is 1. The Morgan fingerprint density at radius 3 is 2.72 bits per heavy atom. The summed E-state index contributed by atoms with van der Waals surface area (Å²) < 4.78 is 4.02. The van der Waals surface area contributed by atoms with Gasteiger partial charge in [0.1, 0.15) is 11.5 Å². The molecule has 7 heteroatoms. The van der Waals surface area contributed by atoms with Crippen molar-refractivity contribution in [3.8, 4) is 6.07 Å². The van der Waals surface area contributed by atoms with Crippen LogP contribution in [0.1, 0.15) is 34.7 Å². The summed E-state index contributed by atoms with van der Waals surface area (Å²) in [7, 11) is 0. The second-order valence-corrected chi connectivity index (χ2v) is 7.61. The summed E-state index contributed by atoms with van der Waals surface area (Å²) in [6.45, 7) is 2.50. The predicted octanol–water partition coefficient (Wildman–Crippen LogP) is 3.07. The molecule has 0 unspecified atom stereocenters. The first-order valence-electron chi connectivity index (χ1n) is 9.72. The molecule has 1 amide bonds. The second-order valence-electron chi connectivity index (χ2n) is 7.61. The fourth-order valence-corrected chi connectivity index (χ4v) is 4.07. The van der Waals surface area contributed by atoms with Gasteiger partial charge in [0.15, 0.2) is 5.65 Å². The highest BCUT2D eigenvalue weighted by molar-refractivity contribution is 5.98. The Hall–Kier alpha value is -3.66. The number of aromatic nitrogens is 4. The van der Waals surface area contributed by atoms with Crippen molar-refractivity contribution in [3.05, 3.63) is 65.6 Å². The molecule has 5 rings (SSSR count). The highest BCUT2D eigenvalue weighted by Gasteiger charge is 2.31. The summed E-state index contributed by atoms with van der Waals surface area (Å²) in [4.78, 5) is 13.1. The minimum atomic E-state index is -0.114. The first-order valence-corrected chi connectivity index (χ1v) is 9.72. The van der Waals surface area contributed by atoms with Gasteiger partial charge in [0.05, 0.1) is 23.0 Å². The third kappa shape index (κ3) is 2.93. The maximum atomic E-state index is 13.1. The summed E-state index contributed by atoms with van der Waals surface area (Å²) in [5.74, 6) is 0.720. The zero-order valence-electron chi connectivity index (χ0n) is 16.0. The van der Waals surface area contributed by atoms with Crippen LogP contribution in [-0.4, -0.2) is 31.1 Å². The Labute approximate surface area is 167 Å². The van der Waals surface area contributed by atoms with Gasteiger partial charge in [-0.05, 0) is 43.5 Å². The van der Waals surface area contributed by atoms with Crippen LogP contribution in [0.2, 0.25) is 0 Å². The highest BCUT2D eigenvalue weighted by Crippen LogP contribution is 2.28. The molecule has 4 aromatic rings. The third-order valence-electron chi connectivity index (χ3n) is 5.67. The molecule has 0 bridgehead atoms. The van der Waals surface area contributed by atoms with Crippen molar-refractivity contribution in [3.63, 3.8) is 0 Å². The molecule has 0 atom stereocenters. The number of carbonyl (C=O) groups excluding carboxylic acids is 1. The third-order valence-corrected chi connectivity index (χ3v) is 5.67. The topological polar surface area (TPSA) is 88.0 Å². The van der Waals surface area contributed by atoms with E-state index in [0.29, 0.717) is 12.2 Å². The van der Waals surface area contributed by atoms with Crippen LogP contribution in [0.25, 0.3) is 16.7 Å². The lowest BCUT2D eigenvalue weighted by molar-refractivity contribution is 0.0896. The van der Waals surface area contributed by atoms with Gasteiger partial charge in [-0.25, -0.2) is 0 Å². The van der Waals surface area contributed by atoms with Crippen molar-refractivity contribution in [2.75, 3.05) is 0 Å². The van der Waals surface area contributed by atoms with E-state index in [1.807, 2.05) is 52.3 Å². The van der Waals surface area contributed by atoms with Crippen LogP contribution in [-0.2, 0) is 6.54 Å². The van der Waals surface area contributed by atoms with E-state index in [1.165, 1.54) is 0 Å². The van der Waals surface area contributed by atoms with Gasteiger partial charge in [0, 0.05) is 12.6 Å². The van der Waals surface area contributed by atoms with E-state index >= 15 is 0 Å². The van der Waals surface area contributed by atoms with E-state index in [1.54, 1.807) is 0 Å². The molecule has 144 valence electrons. The number of fused-ring (bicyclic) bond motifs is 3. The van der Waals surface area contributed by atoms with Crippen LogP contribution in [0.3, 0.4) is 0 Å². The van der Waals surface area contributed by atoms with E-state index in [0.717, 1.165) is 40.9 Å². The monoisotopic (exact) mass is 384 g/mol. The SMILES string of the molecule is Cc1nnc2ccc3c(cc(C(=O)N[C@H]4C[C@@H](C#N)C4)n3Cc3ccccc3)n12. The average molecular weight is 384 g/mol. The van der Waals surface area contributed by atoms with E-state index in [9.17, 15) is 4.79 Å². The lowest BCUT2D eigenvalue weighted by atomic mass is 9.81. The molecule has 0 spiro atoms. The Morgan fingerprint density at radius 1 is 1.17 bits per heavy atom. The standard InChI is InChI=1S/C22H20N6O/c1-14-25-26-21-8-7-18-19(28(14)21)11-20(22(29)24-17-9-16(10-17)12-23)27(18)13-15-5-3-2-4-6-15/h2-8,11,16-17H,9-10,13H2,1H3,(H,24,29)/t16-,17+. The van der Waals surface area contributed by atoms with Crippen molar-refractivity contribution in [2.45, 2.75) is 32.4 Å². The van der Waals surface area contributed by atoms with Gasteiger partial charge in [0.25, 0.3) is 5.91 Å². The number of hydrogen-bond donors (Lipinski definition) is 1. The molecular formula is C22H20N6O. The van der Waals surface area contributed by atoms with E-state index < -0.39 is 0 Å². The van der Waals surface area contributed by atoms with Gasteiger partial charge in [-0.3, -0.25) is 9.20 Å². The lowest BCUT2D eigenvalue weighted by Gasteiger charge is -2.31. The fourth-order valence-electron chi connectivity index (χ4n) is 4.07. The molecule has 7 nitrogen and oxygen atoms in total. The van der Waals surface area contributed by atoms with Crippen molar-refractivity contribution in [1.82, 2.24) is 24.5 Å². The average Bonchev–Trinajstić information content (AvgIpc) is 3.26. The van der Waals surface area contributed by atoms with E-state index in [2.05, 4.69) is 33.7 Å². The minimum Gasteiger partial charge on any atom is -0.348 e. The summed E-state index contributed by atoms with van der Waals surface area (Å²) in [5, 5.41) is 20.4. The number of rotatable bonds is 4. The van der Waals surface area contributed by atoms with Crippen LogP contribution in [0.4, 0.5) is 0 Å². The Bertz CT molecular complexity index is 1260. The Morgan fingerprint density at radius 2 is 1.97 bits per heavy atom. The first kappa shape index (κ1) is 17.4. The fraction of sp³-hybridized carbons (Fsp3) is 0.273. The number of aryl methyl sites for hydroxylation is 1. The summed E-state index contributed by atoms with van der Waals surface area (Å²) in [6.07, 6.45) is 1.44. The van der Waals surface area contributed by atoms with Gasteiger partial charge < -0.3 is 9.88 Å².